The number of unbranched alkanes of at least 4 members (excludes halogenated alkanes) is 2. The fourth-order valence-corrected chi connectivity index (χ4v) is 3.47. The minimum Gasteiger partial charge on any atom is -0.311 e. The second-order valence-corrected chi connectivity index (χ2v) is 6.86. The summed E-state index contributed by atoms with van der Waals surface area (Å²) in [6, 6.07) is 0.276. The Balaban J connectivity index is 2.32. The van der Waals surface area contributed by atoms with Crippen LogP contribution in [0.1, 0.15) is 58.2 Å². The molecule has 0 N–H and O–H groups in total. The van der Waals surface area contributed by atoms with E-state index in [-0.39, 0.29) is 17.3 Å². The van der Waals surface area contributed by atoms with Crippen LogP contribution in [0.3, 0.4) is 0 Å². The van der Waals surface area contributed by atoms with E-state index in [1.807, 2.05) is 17.5 Å². The third-order valence-electron chi connectivity index (χ3n) is 5.09. The zero-order valence-electron chi connectivity index (χ0n) is 15.7. The summed E-state index contributed by atoms with van der Waals surface area (Å²) < 4.78 is 6.81. The maximum absolute atomic E-state index is 13.0. The number of fused-ring (bicyclic) bond motifs is 3. The molecule has 1 atom stereocenters. The van der Waals surface area contributed by atoms with E-state index in [2.05, 4.69) is 30.3 Å². The molecule has 7 nitrogen and oxygen atoms in total. The number of rotatable bonds is 6. The Morgan fingerprint density at radius 1 is 1.20 bits per heavy atom. The van der Waals surface area contributed by atoms with Gasteiger partial charge in [0.25, 0.3) is 5.56 Å². The highest BCUT2D eigenvalue weighted by Gasteiger charge is 2.21. The van der Waals surface area contributed by atoms with Crippen molar-refractivity contribution in [3.8, 4) is 0 Å². The van der Waals surface area contributed by atoms with Crippen LogP contribution in [0.4, 0.5) is 0 Å². The van der Waals surface area contributed by atoms with Crippen LogP contribution in [-0.2, 0) is 13.6 Å². The quantitative estimate of drug-likeness (QED) is 0.645. The molecule has 3 rings (SSSR count). The molecular weight excluding hydrogens is 318 g/mol. The number of hydrogen-bond donors (Lipinski definition) is 0. The fourth-order valence-electron chi connectivity index (χ4n) is 3.47. The zero-order valence-corrected chi connectivity index (χ0v) is 15.7. The summed E-state index contributed by atoms with van der Waals surface area (Å²) in [5.41, 5.74) is 1.46. The molecular formula is C18H27N5O2. The van der Waals surface area contributed by atoms with E-state index >= 15 is 0 Å². The van der Waals surface area contributed by atoms with E-state index in [0.717, 1.165) is 37.2 Å². The van der Waals surface area contributed by atoms with Crippen molar-refractivity contribution in [2.24, 2.45) is 7.05 Å². The van der Waals surface area contributed by atoms with Crippen molar-refractivity contribution in [2.45, 2.75) is 66.0 Å². The van der Waals surface area contributed by atoms with Gasteiger partial charge < -0.3 is 4.57 Å². The van der Waals surface area contributed by atoms with Crippen LogP contribution in [0, 0.1) is 6.92 Å². The van der Waals surface area contributed by atoms with Gasteiger partial charge in [-0.15, -0.1) is 0 Å². The first kappa shape index (κ1) is 17.5. The van der Waals surface area contributed by atoms with Gasteiger partial charge in [0.1, 0.15) is 0 Å². The minimum atomic E-state index is -0.291. The Morgan fingerprint density at radius 2 is 1.92 bits per heavy atom. The monoisotopic (exact) mass is 345 g/mol. The van der Waals surface area contributed by atoms with Crippen molar-refractivity contribution in [1.29, 1.82) is 0 Å². The fraction of sp³-hybridized carbons (Fsp3) is 0.611. The average molecular weight is 345 g/mol. The minimum absolute atomic E-state index is 0.247. The maximum Gasteiger partial charge on any atom is 0.332 e. The van der Waals surface area contributed by atoms with Crippen LogP contribution in [-0.4, -0.2) is 23.1 Å². The van der Waals surface area contributed by atoms with Gasteiger partial charge in [-0.05, 0) is 26.7 Å². The predicted octanol–water partition coefficient (Wildman–Crippen LogP) is 2.62. The van der Waals surface area contributed by atoms with Crippen molar-refractivity contribution >= 4 is 16.9 Å². The standard InChI is InChI=1S/C18H27N5O2/c1-6-8-9-10-21-16(24)14-15(20(5)18(21)25)19-17-22(14)11-13(4)23(17)12(3)7-2/h11-12H,6-10H2,1-5H3. The van der Waals surface area contributed by atoms with Crippen LogP contribution in [0.25, 0.3) is 16.9 Å². The first-order valence-corrected chi connectivity index (χ1v) is 9.11. The summed E-state index contributed by atoms with van der Waals surface area (Å²) in [5.74, 6) is 0.722. The van der Waals surface area contributed by atoms with E-state index in [1.165, 1.54) is 9.13 Å². The highest BCUT2D eigenvalue weighted by atomic mass is 16.2. The van der Waals surface area contributed by atoms with Crippen LogP contribution >= 0.6 is 0 Å². The van der Waals surface area contributed by atoms with E-state index in [0.29, 0.717) is 17.7 Å². The lowest BCUT2D eigenvalue weighted by Gasteiger charge is -2.12. The summed E-state index contributed by atoms with van der Waals surface area (Å²) >= 11 is 0. The molecule has 3 heterocycles. The van der Waals surface area contributed by atoms with Gasteiger partial charge in [0, 0.05) is 31.5 Å². The molecule has 0 aromatic carbocycles. The molecule has 0 saturated carbocycles. The lowest BCUT2D eigenvalue weighted by molar-refractivity contribution is 0.532. The van der Waals surface area contributed by atoms with Crippen LogP contribution in [0.15, 0.2) is 15.8 Å². The number of imidazole rings is 2. The summed E-state index contributed by atoms with van der Waals surface area (Å²) in [6.45, 7) is 8.83. The molecule has 25 heavy (non-hydrogen) atoms. The second kappa shape index (κ2) is 6.54. The Hall–Kier alpha value is -2.31. The van der Waals surface area contributed by atoms with Crippen LogP contribution in [0.5, 0.6) is 0 Å². The van der Waals surface area contributed by atoms with Crippen LogP contribution < -0.4 is 11.2 Å². The molecule has 0 amide bonds. The molecule has 0 radical (unpaired) electrons. The van der Waals surface area contributed by atoms with E-state index in [9.17, 15) is 9.59 Å². The highest BCUT2D eigenvalue weighted by molar-refractivity contribution is 5.75. The van der Waals surface area contributed by atoms with Gasteiger partial charge in [-0.25, -0.2) is 4.79 Å². The first-order valence-electron chi connectivity index (χ1n) is 9.11. The van der Waals surface area contributed by atoms with Crippen molar-refractivity contribution in [2.75, 3.05) is 0 Å². The number of aryl methyl sites for hydroxylation is 2. The Morgan fingerprint density at radius 3 is 2.56 bits per heavy atom. The molecule has 3 aromatic heterocycles. The lowest BCUT2D eigenvalue weighted by atomic mass is 10.2. The van der Waals surface area contributed by atoms with Gasteiger partial charge >= 0.3 is 5.69 Å². The first-order chi connectivity index (χ1) is 11.9. The maximum atomic E-state index is 13.0. The molecule has 0 bridgehead atoms. The predicted molar refractivity (Wildman–Crippen MR) is 99.5 cm³/mol. The third kappa shape index (κ3) is 2.62. The molecule has 1 unspecified atom stereocenters. The Labute approximate surface area is 146 Å². The average Bonchev–Trinajstić information content (AvgIpc) is 3.10. The number of nitrogens with zero attached hydrogens (tertiary/aromatic N) is 5. The number of hydrogen-bond acceptors (Lipinski definition) is 3. The molecule has 0 aliphatic rings. The summed E-state index contributed by atoms with van der Waals surface area (Å²) in [6.07, 6.45) is 5.78. The normalized spacial score (nSPS) is 13.2. The van der Waals surface area contributed by atoms with Gasteiger partial charge in [0.2, 0.25) is 5.78 Å². The van der Waals surface area contributed by atoms with Gasteiger partial charge in [-0.1, -0.05) is 26.7 Å². The molecule has 7 heteroatoms. The third-order valence-corrected chi connectivity index (χ3v) is 5.09. The Kier molecular flexibility index (Phi) is 4.58. The molecule has 0 spiro atoms. The van der Waals surface area contributed by atoms with E-state index in [4.69, 9.17) is 0 Å². The van der Waals surface area contributed by atoms with Gasteiger partial charge in [0.15, 0.2) is 11.2 Å². The molecule has 3 aromatic rings. The topological polar surface area (TPSA) is 66.2 Å². The molecule has 136 valence electrons. The van der Waals surface area contributed by atoms with Crippen LogP contribution in [0.2, 0.25) is 0 Å². The summed E-state index contributed by atoms with van der Waals surface area (Å²) in [4.78, 5) is 30.3. The summed E-state index contributed by atoms with van der Waals surface area (Å²) in [7, 11) is 1.69. The largest absolute Gasteiger partial charge is 0.332 e. The molecule has 0 fully saturated rings. The smallest absolute Gasteiger partial charge is 0.311 e. The molecule has 0 saturated heterocycles. The van der Waals surface area contributed by atoms with E-state index < -0.39 is 0 Å². The van der Waals surface area contributed by atoms with Crippen molar-refractivity contribution in [1.82, 2.24) is 23.1 Å². The number of aromatic nitrogens is 5. The molecule has 0 aliphatic heterocycles. The molecule has 0 aliphatic carbocycles. The van der Waals surface area contributed by atoms with Gasteiger partial charge in [-0.3, -0.25) is 18.3 Å². The van der Waals surface area contributed by atoms with Gasteiger partial charge in [-0.2, -0.15) is 4.98 Å². The van der Waals surface area contributed by atoms with Gasteiger partial charge in [0.05, 0.1) is 0 Å². The SMILES string of the molecule is CCCCCn1c(=O)c2c(nc3n(C(C)CC)c(C)cn23)n(C)c1=O. The van der Waals surface area contributed by atoms with Crippen molar-refractivity contribution in [3.05, 3.63) is 32.7 Å². The van der Waals surface area contributed by atoms with E-state index in [1.54, 1.807) is 7.05 Å². The van der Waals surface area contributed by atoms with Crippen molar-refractivity contribution in [3.63, 3.8) is 0 Å². The summed E-state index contributed by atoms with van der Waals surface area (Å²) in [5, 5.41) is 0. The van der Waals surface area contributed by atoms with Crippen molar-refractivity contribution < 1.29 is 0 Å². The zero-order chi connectivity index (χ0) is 18.3. The lowest BCUT2D eigenvalue weighted by Crippen LogP contribution is -2.39. The second-order valence-electron chi connectivity index (χ2n) is 6.86. The Bertz CT molecular complexity index is 1030. The highest BCUT2D eigenvalue weighted by Crippen LogP contribution is 2.22.